The first-order valence-corrected chi connectivity index (χ1v) is 10.8. The van der Waals surface area contributed by atoms with Crippen molar-refractivity contribution in [1.29, 1.82) is 0 Å². The maximum absolute atomic E-state index is 12.5. The number of hydrogen-bond donors (Lipinski definition) is 1. The predicted octanol–water partition coefficient (Wildman–Crippen LogP) is 1.50. The predicted molar refractivity (Wildman–Crippen MR) is 96.7 cm³/mol. The van der Waals surface area contributed by atoms with Crippen LogP contribution >= 0.6 is 0 Å². The molecule has 1 aliphatic heterocycles. The maximum Gasteiger partial charge on any atom is 0.263 e. The van der Waals surface area contributed by atoms with Crippen LogP contribution in [0.2, 0.25) is 0 Å². The number of aromatic nitrogens is 1. The first-order chi connectivity index (χ1) is 12.1. The van der Waals surface area contributed by atoms with Gasteiger partial charge in [-0.25, -0.2) is 26.1 Å². The fourth-order valence-corrected chi connectivity index (χ4v) is 5.81. The summed E-state index contributed by atoms with van der Waals surface area (Å²) in [6.07, 6.45) is 1.46. The minimum Gasteiger partial charge on any atom is -0.273 e. The van der Waals surface area contributed by atoms with Crippen molar-refractivity contribution >= 4 is 37.5 Å². The van der Waals surface area contributed by atoms with E-state index in [9.17, 15) is 21.6 Å². The normalized spacial score (nSPS) is 19.5. The molecule has 1 N–H and O–H groups in total. The Morgan fingerprint density at radius 1 is 1.23 bits per heavy atom. The summed E-state index contributed by atoms with van der Waals surface area (Å²) in [7, 11) is -7.65. The quantitative estimate of drug-likeness (QED) is 0.839. The highest BCUT2D eigenvalue weighted by molar-refractivity contribution is 7.94. The summed E-state index contributed by atoms with van der Waals surface area (Å²) >= 11 is 0. The van der Waals surface area contributed by atoms with E-state index in [1.165, 1.54) is 37.4 Å². The Labute approximate surface area is 152 Å². The van der Waals surface area contributed by atoms with Gasteiger partial charge in [-0.3, -0.25) is 9.52 Å². The molecular weight excluding hydrogens is 378 g/mol. The molecule has 3 rings (SSSR count). The van der Waals surface area contributed by atoms with E-state index in [-0.39, 0.29) is 22.2 Å². The van der Waals surface area contributed by atoms with Gasteiger partial charge in [0.15, 0.2) is 0 Å². The molecule has 0 radical (unpaired) electrons. The van der Waals surface area contributed by atoms with Crippen molar-refractivity contribution in [3.05, 3.63) is 48.2 Å². The number of nitrogens with one attached hydrogen (secondary N) is 1. The zero-order valence-electron chi connectivity index (χ0n) is 14.1. The number of aryl methyl sites for hydroxylation is 1. The lowest BCUT2D eigenvalue weighted by molar-refractivity contribution is -0.119. The zero-order chi connectivity index (χ0) is 19.1. The van der Waals surface area contributed by atoms with Gasteiger partial charge in [0, 0.05) is 6.20 Å². The van der Waals surface area contributed by atoms with Gasteiger partial charge in [0.25, 0.3) is 10.0 Å². The van der Waals surface area contributed by atoms with Gasteiger partial charge in [-0.2, -0.15) is 0 Å². The summed E-state index contributed by atoms with van der Waals surface area (Å²) in [5, 5.41) is 0. The summed E-state index contributed by atoms with van der Waals surface area (Å²) in [4.78, 5) is 16.1. The number of benzene rings is 1. The molecule has 0 bridgehead atoms. The number of rotatable bonds is 4. The van der Waals surface area contributed by atoms with Crippen molar-refractivity contribution in [2.45, 2.75) is 18.7 Å². The standard InChI is InChI=1S/C16H17N3O5S2/c1-11-9-13(19-16(20)12(2)10-25(19,21)22)6-7-14(11)26(23,24)18-15-5-3-4-8-17-15/h3-9,12H,10H2,1-2H3,(H,17,18)/t12-/m0/s1. The topological polar surface area (TPSA) is 114 Å². The van der Waals surface area contributed by atoms with Crippen LogP contribution in [0.3, 0.4) is 0 Å². The Morgan fingerprint density at radius 3 is 2.50 bits per heavy atom. The highest BCUT2D eigenvalue weighted by atomic mass is 32.2. The highest BCUT2D eigenvalue weighted by Gasteiger charge is 2.42. The maximum atomic E-state index is 12.5. The third kappa shape index (κ3) is 3.29. The number of sulfonamides is 2. The van der Waals surface area contributed by atoms with Crippen molar-refractivity contribution in [2.24, 2.45) is 5.92 Å². The Balaban J connectivity index is 1.97. The molecule has 0 unspecified atom stereocenters. The van der Waals surface area contributed by atoms with E-state index in [0.29, 0.717) is 5.56 Å². The smallest absolute Gasteiger partial charge is 0.263 e. The van der Waals surface area contributed by atoms with Crippen LogP contribution in [0.5, 0.6) is 0 Å². The molecule has 10 heteroatoms. The van der Waals surface area contributed by atoms with Crippen molar-refractivity contribution in [3.8, 4) is 0 Å². The molecule has 0 saturated carbocycles. The third-order valence-electron chi connectivity index (χ3n) is 3.95. The number of nitrogens with zero attached hydrogens (tertiary/aromatic N) is 2. The van der Waals surface area contributed by atoms with E-state index in [0.717, 1.165) is 4.31 Å². The van der Waals surface area contributed by atoms with Crippen LogP contribution in [-0.2, 0) is 24.8 Å². The summed E-state index contributed by atoms with van der Waals surface area (Å²) in [5.41, 5.74) is 0.446. The molecule has 0 spiro atoms. The summed E-state index contributed by atoms with van der Waals surface area (Å²) < 4.78 is 52.6. The Morgan fingerprint density at radius 2 is 1.96 bits per heavy atom. The molecule has 138 valence electrons. The van der Waals surface area contributed by atoms with Crippen LogP contribution in [0.1, 0.15) is 12.5 Å². The molecule has 26 heavy (non-hydrogen) atoms. The van der Waals surface area contributed by atoms with E-state index in [1.54, 1.807) is 19.1 Å². The molecule has 1 atom stereocenters. The first kappa shape index (κ1) is 18.3. The van der Waals surface area contributed by atoms with E-state index < -0.39 is 31.9 Å². The molecule has 0 aliphatic carbocycles. The van der Waals surface area contributed by atoms with Crippen LogP contribution < -0.4 is 9.03 Å². The second-order valence-electron chi connectivity index (χ2n) is 6.05. The minimum absolute atomic E-state index is 0.0241. The van der Waals surface area contributed by atoms with E-state index in [2.05, 4.69) is 9.71 Å². The van der Waals surface area contributed by atoms with Crippen LogP contribution in [0.4, 0.5) is 11.5 Å². The van der Waals surface area contributed by atoms with Gasteiger partial charge in [-0.15, -0.1) is 0 Å². The van der Waals surface area contributed by atoms with Crippen molar-refractivity contribution in [1.82, 2.24) is 4.98 Å². The Kier molecular flexibility index (Phi) is 4.49. The van der Waals surface area contributed by atoms with Gasteiger partial charge >= 0.3 is 0 Å². The van der Waals surface area contributed by atoms with Gasteiger partial charge in [-0.1, -0.05) is 13.0 Å². The minimum atomic E-state index is -3.90. The Bertz CT molecular complexity index is 1070. The van der Waals surface area contributed by atoms with Gasteiger partial charge in [0.2, 0.25) is 15.9 Å². The average Bonchev–Trinajstić information content (AvgIpc) is 2.75. The second-order valence-corrected chi connectivity index (χ2v) is 9.57. The van der Waals surface area contributed by atoms with Crippen LogP contribution in [-0.4, -0.2) is 33.5 Å². The molecule has 2 aromatic rings. The summed E-state index contributed by atoms with van der Waals surface area (Å²) in [6.45, 7) is 3.08. The van der Waals surface area contributed by atoms with Crippen LogP contribution in [0.25, 0.3) is 0 Å². The molecule has 1 fully saturated rings. The van der Waals surface area contributed by atoms with Crippen molar-refractivity contribution in [2.75, 3.05) is 14.8 Å². The highest BCUT2D eigenvalue weighted by Crippen LogP contribution is 2.31. The molecular formula is C16H17N3O5S2. The van der Waals surface area contributed by atoms with Gasteiger partial charge in [0.05, 0.1) is 22.3 Å². The lowest BCUT2D eigenvalue weighted by atomic mass is 10.2. The summed E-state index contributed by atoms with van der Waals surface area (Å²) in [6, 6.07) is 8.78. The molecule has 1 amide bonds. The van der Waals surface area contributed by atoms with Crippen molar-refractivity contribution < 1.29 is 21.6 Å². The molecule has 1 aromatic heterocycles. The molecule has 1 aromatic carbocycles. The fourth-order valence-electron chi connectivity index (χ4n) is 2.76. The van der Waals surface area contributed by atoms with E-state index in [1.807, 2.05) is 0 Å². The van der Waals surface area contributed by atoms with E-state index in [4.69, 9.17) is 0 Å². The summed E-state index contributed by atoms with van der Waals surface area (Å²) in [5.74, 6) is -1.24. The zero-order valence-corrected chi connectivity index (χ0v) is 15.7. The van der Waals surface area contributed by atoms with Crippen LogP contribution in [0, 0.1) is 12.8 Å². The third-order valence-corrected chi connectivity index (χ3v) is 7.33. The SMILES string of the molecule is Cc1cc(N2C(=O)[C@@H](C)CS2(=O)=O)ccc1S(=O)(=O)Nc1ccccn1. The monoisotopic (exact) mass is 395 g/mol. The molecule has 1 saturated heterocycles. The number of anilines is 2. The molecule has 8 nitrogen and oxygen atoms in total. The van der Waals surface area contributed by atoms with Gasteiger partial charge in [0.1, 0.15) is 5.82 Å². The van der Waals surface area contributed by atoms with Gasteiger partial charge in [-0.05, 0) is 42.8 Å². The second kappa shape index (κ2) is 6.36. The van der Waals surface area contributed by atoms with Gasteiger partial charge < -0.3 is 0 Å². The largest absolute Gasteiger partial charge is 0.273 e. The first-order valence-electron chi connectivity index (χ1n) is 7.73. The number of hydrogen-bond acceptors (Lipinski definition) is 6. The van der Waals surface area contributed by atoms with E-state index >= 15 is 0 Å². The number of pyridine rings is 1. The van der Waals surface area contributed by atoms with Crippen LogP contribution in [0.15, 0.2) is 47.5 Å². The molecule has 1 aliphatic rings. The van der Waals surface area contributed by atoms with Crippen molar-refractivity contribution in [3.63, 3.8) is 0 Å². The molecule has 2 heterocycles. The fraction of sp³-hybridized carbons (Fsp3) is 0.250. The number of carbonyl (C=O) groups is 1. The Hall–Kier alpha value is -2.46. The lowest BCUT2D eigenvalue weighted by Crippen LogP contribution is -2.30. The average molecular weight is 395 g/mol. The lowest BCUT2D eigenvalue weighted by Gasteiger charge is -2.17. The number of carbonyl (C=O) groups excluding carboxylic acids is 1. The number of amides is 1.